The summed E-state index contributed by atoms with van der Waals surface area (Å²) >= 11 is 0. The van der Waals surface area contributed by atoms with Gasteiger partial charge in [0.1, 0.15) is 17.5 Å². The van der Waals surface area contributed by atoms with E-state index in [1.54, 1.807) is 0 Å². The van der Waals surface area contributed by atoms with Crippen LogP contribution in [0.1, 0.15) is 5.56 Å². The molecule has 0 saturated heterocycles. The smallest absolute Gasteiger partial charge is 0.435 e. The quantitative estimate of drug-likeness (QED) is 0.319. The predicted octanol–water partition coefficient (Wildman–Crippen LogP) is 4.70. The Morgan fingerprint density at radius 3 is 2.22 bits per heavy atom. The molecule has 2 aromatic carbocycles. The Kier molecular flexibility index (Phi) is 4.87. The Bertz CT molecular complexity index is 1380. The third-order valence-corrected chi connectivity index (χ3v) is 4.45. The SMILES string of the molecule is O=C1/C(=C\c2coc3ccccc3c2=O)C(C(F)(F)F)=NN1c1c(F)c(F)cc(F)c1F. The van der Waals surface area contributed by atoms with Crippen LogP contribution >= 0.6 is 0 Å². The van der Waals surface area contributed by atoms with Crippen molar-refractivity contribution in [2.45, 2.75) is 6.18 Å². The Labute approximate surface area is 172 Å². The molecule has 12 heteroatoms. The highest BCUT2D eigenvalue weighted by Gasteiger charge is 2.48. The molecule has 5 nitrogen and oxygen atoms in total. The summed E-state index contributed by atoms with van der Waals surface area (Å²) in [6.07, 6.45) is -4.07. The number of hydrazone groups is 1. The van der Waals surface area contributed by atoms with E-state index >= 15 is 0 Å². The number of benzene rings is 2. The molecule has 1 aliphatic heterocycles. The zero-order chi connectivity index (χ0) is 23.4. The average molecular weight is 456 g/mol. The minimum Gasteiger partial charge on any atom is -0.463 e. The molecule has 0 spiro atoms. The summed E-state index contributed by atoms with van der Waals surface area (Å²) < 4.78 is 101. The van der Waals surface area contributed by atoms with Gasteiger partial charge in [-0.3, -0.25) is 9.59 Å². The summed E-state index contributed by atoms with van der Waals surface area (Å²) in [5, 5.41) is 2.38. The van der Waals surface area contributed by atoms with Crippen LogP contribution in [-0.4, -0.2) is 17.8 Å². The molecular formula is C20H7F7N2O3. The lowest BCUT2D eigenvalue weighted by Gasteiger charge is -2.14. The maximum atomic E-state index is 14.1. The Morgan fingerprint density at radius 1 is 0.969 bits per heavy atom. The van der Waals surface area contributed by atoms with Crippen molar-refractivity contribution in [3.63, 3.8) is 0 Å². The first-order chi connectivity index (χ1) is 15.0. The summed E-state index contributed by atoms with van der Waals surface area (Å²) in [5.74, 6) is -9.94. The number of rotatable bonds is 2. The van der Waals surface area contributed by atoms with Crippen LogP contribution in [0.4, 0.5) is 36.4 Å². The molecule has 32 heavy (non-hydrogen) atoms. The number of carbonyl (C=O) groups excluding carboxylic acids is 1. The number of para-hydroxylation sites is 1. The Hall–Kier alpha value is -3.96. The molecule has 1 aliphatic rings. The van der Waals surface area contributed by atoms with Crippen molar-refractivity contribution in [3.8, 4) is 0 Å². The summed E-state index contributed by atoms with van der Waals surface area (Å²) in [6, 6.07) is 5.57. The van der Waals surface area contributed by atoms with Crippen molar-refractivity contribution in [1.82, 2.24) is 0 Å². The van der Waals surface area contributed by atoms with E-state index in [0.29, 0.717) is 6.08 Å². The first kappa shape index (κ1) is 21.3. The van der Waals surface area contributed by atoms with Crippen molar-refractivity contribution in [1.29, 1.82) is 0 Å². The number of nitrogens with zero attached hydrogens (tertiary/aromatic N) is 2. The van der Waals surface area contributed by atoms with Gasteiger partial charge in [-0.1, -0.05) is 12.1 Å². The molecule has 0 radical (unpaired) electrons. The summed E-state index contributed by atoms with van der Waals surface area (Å²) in [7, 11) is 0. The van der Waals surface area contributed by atoms with Crippen LogP contribution in [-0.2, 0) is 4.79 Å². The Balaban J connectivity index is 1.92. The second-order valence-electron chi connectivity index (χ2n) is 6.45. The number of carbonyl (C=O) groups is 1. The van der Waals surface area contributed by atoms with Crippen LogP contribution in [0.25, 0.3) is 17.0 Å². The van der Waals surface area contributed by atoms with E-state index in [0.717, 1.165) is 6.26 Å². The van der Waals surface area contributed by atoms with Gasteiger partial charge >= 0.3 is 6.18 Å². The molecule has 3 aromatic rings. The molecule has 0 fully saturated rings. The molecule has 4 rings (SSSR count). The summed E-state index contributed by atoms with van der Waals surface area (Å²) in [6.45, 7) is 0. The number of alkyl halides is 3. The minimum absolute atomic E-state index is 0.0149. The van der Waals surface area contributed by atoms with Crippen molar-refractivity contribution < 1.29 is 39.9 Å². The minimum atomic E-state index is -5.33. The van der Waals surface area contributed by atoms with Crippen molar-refractivity contribution in [2.24, 2.45) is 5.10 Å². The molecule has 0 aliphatic carbocycles. The molecule has 164 valence electrons. The zero-order valence-corrected chi connectivity index (χ0v) is 15.3. The third-order valence-electron chi connectivity index (χ3n) is 4.45. The van der Waals surface area contributed by atoms with Crippen LogP contribution in [0, 0.1) is 23.3 Å². The van der Waals surface area contributed by atoms with E-state index in [1.807, 2.05) is 0 Å². The van der Waals surface area contributed by atoms with E-state index in [1.165, 1.54) is 24.3 Å². The maximum Gasteiger partial charge on any atom is 0.435 e. The fourth-order valence-electron chi connectivity index (χ4n) is 3.00. The van der Waals surface area contributed by atoms with E-state index in [4.69, 9.17) is 4.42 Å². The lowest BCUT2D eigenvalue weighted by molar-refractivity contribution is -0.114. The maximum absolute atomic E-state index is 14.1. The fourth-order valence-corrected chi connectivity index (χ4v) is 3.00. The van der Waals surface area contributed by atoms with Crippen LogP contribution in [0.15, 0.2) is 56.5 Å². The standard InChI is InChI=1S/C20H7F7N2O3/c21-11-6-12(22)15(24)16(14(11)23)29-19(31)10(18(28-29)20(25,26)27)5-8-7-32-13-4-2-1-3-9(13)17(8)30/h1-7H/b10-5-. The fraction of sp³-hybridized carbons (Fsp3) is 0.0500. The van der Waals surface area contributed by atoms with Crippen LogP contribution in [0.5, 0.6) is 0 Å². The molecule has 2 heterocycles. The molecular weight excluding hydrogens is 449 g/mol. The Morgan fingerprint density at radius 2 is 1.59 bits per heavy atom. The van der Waals surface area contributed by atoms with Gasteiger partial charge in [0.2, 0.25) is 0 Å². The normalized spacial score (nSPS) is 15.7. The average Bonchev–Trinajstić information content (AvgIpc) is 3.05. The largest absolute Gasteiger partial charge is 0.463 e. The lowest BCUT2D eigenvalue weighted by Crippen LogP contribution is -2.26. The first-order valence-electron chi connectivity index (χ1n) is 8.56. The number of hydrogen-bond donors (Lipinski definition) is 0. The molecule has 0 N–H and O–H groups in total. The highest BCUT2D eigenvalue weighted by Crippen LogP contribution is 2.36. The first-order valence-corrected chi connectivity index (χ1v) is 8.56. The van der Waals surface area contributed by atoms with Gasteiger partial charge in [0.05, 0.1) is 16.5 Å². The molecule has 0 unspecified atom stereocenters. The second kappa shape index (κ2) is 7.32. The van der Waals surface area contributed by atoms with Crippen LogP contribution < -0.4 is 10.4 Å². The summed E-state index contributed by atoms with van der Waals surface area (Å²) in [4.78, 5) is 25.2. The molecule has 0 atom stereocenters. The number of fused-ring (bicyclic) bond motifs is 1. The van der Waals surface area contributed by atoms with E-state index in [-0.39, 0.29) is 17.0 Å². The molecule has 0 saturated carbocycles. The van der Waals surface area contributed by atoms with E-state index in [9.17, 15) is 40.3 Å². The summed E-state index contributed by atoms with van der Waals surface area (Å²) in [5.41, 5.74) is -6.19. The zero-order valence-electron chi connectivity index (χ0n) is 15.3. The van der Waals surface area contributed by atoms with Gasteiger partial charge < -0.3 is 4.42 Å². The van der Waals surface area contributed by atoms with Crippen molar-refractivity contribution >= 4 is 34.4 Å². The van der Waals surface area contributed by atoms with Gasteiger partial charge in [0.25, 0.3) is 5.91 Å². The van der Waals surface area contributed by atoms with Crippen molar-refractivity contribution in [3.05, 3.63) is 81.2 Å². The molecule has 1 amide bonds. The third kappa shape index (κ3) is 3.33. The van der Waals surface area contributed by atoms with Gasteiger partial charge in [0.15, 0.2) is 34.4 Å². The van der Waals surface area contributed by atoms with E-state index < -0.39 is 68.3 Å². The van der Waals surface area contributed by atoms with Gasteiger partial charge in [0, 0.05) is 6.07 Å². The highest BCUT2D eigenvalue weighted by molar-refractivity contribution is 6.34. The molecule has 0 bridgehead atoms. The van der Waals surface area contributed by atoms with Crippen LogP contribution in [0.3, 0.4) is 0 Å². The highest BCUT2D eigenvalue weighted by atomic mass is 19.4. The van der Waals surface area contributed by atoms with Gasteiger partial charge in [-0.25, -0.2) is 17.6 Å². The van der Waals surface area contributed by atoms with Gasteiger partial charge in [-0.05, 0) is 18.2 Å². The topological polar surface area (TPSA) is 62.9 Å². The van der Waals surface area contributed by atoms with Crippen molar-refractivity contribution in [2.75, 3.05) is 5.01 Å². The predicted molar refractivity (Wildman–Crippen MR) is 97.7 cm³/mol. The second-order valence-corrected chi connectivity index (χ2v) is 6.45. The number of hydrogen-bond acceptors (Lipinski definition) is 4. The van der Waals surface area contributed by atoms with Crippen LogP contribution in [0.2, 0.25) is 0 Å². The monoisotopic (exact) mass is 456 g/mol. The lowest BCUT2D eigenvalue weighted by atomic mass is 10.1. The van der Waals surface area contributed by atoms with Gasteiger partial charge in [-0.2, -0.15) is 23.3 Å². The molecule has 1 aromatic heterocycles. The number of anilines is 1. The number of halogens is 7. The van der Waals surface area contributed by atoms with E-state index in [2.05, 4.69) is 5.10 Å². The number of amides is 1. The van der Waals surface area contributed by atoms with Gasteiger partial charge in [-0.15, -0.1) is 0 Å².